The third kappa shape index (κ3) is 2.73. The molecule has 1 amide bonds. The largest absolute Gasteiger partial charge is 0.459 e. The number of nitrogens with two attached hydrogens (primary N) is 1. The van der Waals surface area contributed by atoms with Gasteiger partial charge in [0, 0.05) is 28.8 Å². The molecular weight excluding hydrogens is 300 g/mol. The highest BCUT2D eigenvalue weighted by Gasteiger charge is 2.28. The third-order valence-corrected chi connectivity index (χ3v) is 4.74. The van der Waals surface area contributed by atoms with Gasteiger partial charge in [0.25, 0.3) is 0 Å². The fraction of sp³-hybridized carbons (Fsp3) is 0.471. The number of benzene rings is 1. The Hall–Kier alpha value is -1.52. The van der Waals surface area contributed by atoms with E-state index in [0.29, 0.717) is 16.3 Å². The summed E-state index contributed by atoms with van der Waals surface area (Å²) in [5, 5.41) is 4.54. The van der Waals surface area contributed by atoms with Gasteiger partial charge in [0.15, 0.2) is 5.58 Å². The van der Waals surface area contributed by atoms with E-state index in [2.05, 4.69) is 5.32 Å². The number of hydrogen-bond acceptors (Lipinski definition) is 3. The van der Waals surface area contributed by atoms with Crippen LogP contribution in [0.1, 0.15) is 37.5 Å². The van der Waals surface area contributed by atoms with Gasteiger partial charge >= 0.3 is 0 Å². The fourth-order valence-corrected chi connectivity index (χ4v) is 3.47. The van der Waals surface area contributed by atoms with Crippen molar-refractivity contribution in [2.75, 3.05) is 5.32 Å². The number of halogens is 1. The average molecular weight is 321 g/mol. The van der Waals surface area contributed by atoms with Gasteiger partial charge in [-0.2, -0.15) is 0 Å². The molecule has 22 heavy (non-hydrogen) atoms. The number of amides is 1. The highest BCUT2D eigenvalue weighted by Crippen LogP contribution is 2.35. The van der Waals surface area contributed by atoms with Crippen LogP contribution in [0.5, 0.6) is 0 Å². The van der Waals surface area contributed by atoms with Crippen LogP contribution in [0.25, 0.3) is 11.0 Å². The normalized spacial score (nSPS) is 21.5. The molecule has 4 nitrogen and oxygen atoms in total. The third-order valence-electron chi connectivity index (χ3n) is 4.52. The lowest BCUT2D eigenvalue weighted by Crippen LogP contribution is -2.23. The van der Waals surface area contributed by atoms with Crippen LogP contribution in [0.3, 0.4) is 0 Å². The van der Waals surface area contributed by atoms with Crippen LogP contribution < -0.4 is 11.1 Å². The number of furan rings is 1. The first-order chi connectivity index (χ1) is 10.5. The topological polar surface area (TPSA) is 68.3 Å². The van der Waals surface area contributed by atoms with Crippen LogP contribution in [0, 0.1) is 12.8 Å². The van der Waals surface area contributed by atoms with Crippen LogP contribution >= 0.6 is 11.6 Å². The standard InChI is InChI=1S/C17H21ClN2O2/c1-3-15-9(2)13-7-11(18)8-14(16(13)22-15)20-17(21)10-4-5-12(19)6-10/h7-8,10,12H,3-6,19H2,1-2H3,(H,20,21)/t10-,12+/m0/s1. The van der Waals surface area contributed by atoms with Gasteiger partial charge in [-0.3, -0.25) is 4.79 Å². The molecule has 1 aromatic heterocycles. The number of hydrogen-bond donors (Lipinski definition) is 2. The summed E-state index contributed by atoms with van der Waals surface area (Å²) < 4.78 is 5.92. The van der Waals surface area contributed by atoms with Gasteiger partial charge in [0.2, 0.25) is 5.91 Å². The molecule has 118 valence electrons. The Labute approximate surface area is 135 Å². The first kappa shape index (κ1) is 15.4. The van der Waals surface area contributed by atoms with E-state index in [-0.39, 0.29) is 17.9 Å². The van der Waals surface area contributed by atoms with Gasteiger partial charge in [-0.05, 0) is 43.9 Å². The Kier molecular flexibility index (Phi) is 4.15. The lowest BCUT2D eigenvalue weighted by atomic mass is 10.1. The second-order valence-corrected chi connectivity index (χ2v) is 6.53. The fourth-order valence-electron chi connectivity index (χ4n) is 3.25. The summed E-state index contributed by atoms with van der Waals surface area (Å²) in [6, 6.07) is 3.77. The molecule has 3 rings (SSSR count). The molecule has 2 atom stereocenters. The van der Waals surface area contributed by atoms with E-state index in [0.717, 1.165) is 42.4 Å². The van der Waals surface area contributed by atoms with Gasteiger partial charge in [0.05, 0.1) is 5.69 Å². The Morgan fingerprint density at radius 2 is 2.23 bits per heavy atom. The zero-order chi connectivity index (χ0) is 15.9. The predicted octanol–water partition coefficient (Wildman–Crippen LogP) is 4.02. The summed E-state index contributed by atoms with van der Waals surface area (Å²) in [5.41, 5.74) is 8.33. The minimum atomic E-state index is -0.0225. The first-order valence-corrected chi connectivity index (χ1v) is 8.15. The molecule has 0 bridgehead atoms. The minimum Gasteiger partial charge on any atom is -0.459 e. The van der Waals surface area contributed by atoms with E-state index in [9.17, 15) is 4.79 Å². The monoisotopic (exact) mass is 320 g/mol. The molecule has 5 heteroatoms. The van der Waals surface area contributed by atoms with E-state index < -0.39 is 0 Å². The van der Waals surface area contributed by atoms with E-state index >= 15 is 0 Å². The molecule has 0 saturated heterocycles. The van der Waals surface area contributed by atoms with E-state index in [1.165, 1.54) is 0 Å². The van der Waals surface area contributed by atoms with Crippen molar-refractivity contribution in [3.05, 3.63) is 28.5 Å². The van der Waals surface area contributed by atoms with Gasteiger partial charge in [-0.15, -0.1) is 0 Å². The van der Waals surface area contributed by atoms with Crippen LogP contribution in [0.15, 0.2) is 16.5 Å². The highest BCUT2D eigenvalue weighted by atomic mass is 35.5. The van der Waals surface area contributed by atoms with E-state index in [4.69, 9.17) is 21.8 Å². The van der Waals surface area contributed by atoms with E-state index in [1.807, 2.05) is 19.9 Å². The Bertz CT molecular complexity index is 723. The molecule has 1 heterocycles. The summed E-state index contributed by atoms with van der Waals surface area (Å²) >= 11 is 6.20. The summed E-state index contributed by atoms with van der Waals surface area (Å²) in [5.74, 6) is 0.907. The van der Waals surface area contributed by atoms with Crippen molar-refractivity contribution < 1.29 is 9.21 Å². The molecule has 1 saturated carbocycles. The van der Waals surface area contributed by atoms with Crippen molar-refractivity contribution >= 4 is 34.2 Å². The van der Waals surface area contributed by atoms with Crippen LogP contribution in [-0.4, -0.2) is 11.9 Å². The van der Waals surface area contributed by atoms with Crippen LogP contribution in [0.2, 0.25) is 5.02 Å². The minimum absolute atomic E-state index is 0.00335. The molecule has 1 aliphatic rings. The summed E-state index contributed by atoms with van der Waals surface area (Å²) in [4.78, 5) is 12.4. The maximum absolute atomic E-state index is 12.4. The van der Waals surface area contributed by atoms with Gasteiger partial charge < -0.3 is 15.5 Å². The molecular formula is C17H21ClN2O2. The number of carbonyl (C=O) groups is 1. The number of anilines is 1. The van der Waals surface area contributed by atoms with Crippen molar-refractivity contribution in [3.8, 4) is 0 Å². The van der Waals surface area contributed by atoms with Crippen molar-refractivity contribution in [2.24, 2.45) is 11.7 Å². The summed E-state index contributed by atoms with van der Waals surface area (Å²) in [6.07, 6.45) is 3.30. The molecule has 0 aliphatic heterocycles. The SMILES string of the molecule is CCc1oc2c(NC(=O)[C@H]3CC[C@@H](N)C3)cc(Cl)cc2c1C. The first-order valence-electron chi connectivity index (χ1n) is 7.77. The van der Waals surface area contributed by atoms with Gasteiger partial charge in [0.1, 0.15) is 5.76 Å². The molecule has 2 aromatic rings. The van der Waals surface area contributed by atoms with Gasteiger partial charge in [-0.1, -0.05) is 18.5 Å². The quantitative estimate of drug-likeness (QED) is 0.897. The number of carbonyl (C=O) groups excluding carboxylic acids is 1. The second-order valence-electron chi connectivity index (χ2n) is 6.09. The average Bonchev–Trinajstić information content (AvgIpc) is 3.04. The maximum atomic E-state index is 12.4. The van der Waals surface area contributed by atoms with Crippen molar-refractivity contribution in [1.29, 1.82) is 0 Å². The Balaban J connectivity index is 1.94. The zero-order valence-electron chi connectivity index (χ0n) is 12.9. The van der Waals surface area contributed by atoms with E-state index in [1.54, 1.807) is 6.07 Å². The predicted molar refractivity (Wildman–Crippen MR) is 89.3 cm³/mol. The Morgan fingerprint density at radius 3 is 2.86 bits per heavy atom. The molecule has 0 unspecified atom stereocenters. The van der Waals surface area contributed by atoms with Crippen molar-refractivity contribution in [1.82, 2.24) is 0 Å². The van der Waals surface area contributed by atoms with Crippen LogP contribution in [-0.2, 0) is 11.2 Å². The van der Waals surface area contributed by atoms with Gasteiger partial charge in [-0.25, -0.2) is 0 Å². The Morgan fingerprint density at radius 1 is 1.45 bits per heavy atom. The smallest absolute Gasteiger partial charge is 0.227 e. The lowest BCUT2D eigenvalue weighted by Gasteiger charge is -2.11. The maximum Gasteiger partial charge on any atom is 0.227 e. The number of aryl methyl sites for hydroxylation is 2. The molecule has 0 radical (unpaired) electrons. The number of fused-ring (bicyclic) bond motifs is 1. The lowest BCUT2D eigenvalue weighted by molar-refractivity contribution is -0.119. The highest BCUT2D eigenvalue weighted by molar-refractivity contribution is 6.32. The molecule has 1 fully saturated rings. The summed E-state index contributed by atoms with van der Waals surface area (Å²) in [6.45, 7) is 4.06. The van der Waals surface area contributed by atoms with Crippen molar-refractivity contribution in [3.63, 3.8) is 0 Å². The number of nitrogens with one attached hydrogen (secondary N) is 1. The molecule has 3 N–H and O–H groups in total. The molecule has 1 aliphatic carbocycles. The number of rotatable bonds is 3. The molecule has 0 spiro atoms. The second kappa shape index (κ2) is 5.94. The molecule has 1 aromatic carbocycles. The summed E-state index contributed by atoms with van der Waals surface area (Å²) in [7, 11) is 0. The van der Waals surface area contributed by atoms with Crippen molar-refractivity contribution in [2.45, 2.75) is 45.6 Å². The zero-order valence-corrected chi connectivity index (χ0v) is 13.7. The van der Waals surface area contributed by atoms with Crippen LogP contribution in [0.4, 0.5) is 5.69 Å².